The first-order valence-corrected chi connectivity index (χ1v) is 5.77. The third-order valence-corrected chi connectivity index (χ3v) is 2.68. The molecule has 0 radical (unpaired) electrons. The molecule has 3 N–H and O–H groups in total. The van der Waals surface area contributed by atoms with Gasteiger partial charge in [0.1, 0.15) is 5.82 Å². The Bertz CT molecular complexity index is 343. The molecule has 0 saturated heterocycles. The van der Waals surface area contributed by atoms with Crippen LogP contribution in [0.25, 0.3) is 0 Å². The Morgan fingerprint density at radius 2 is 2.29 bits per heavy atom. The second-order valence-electron chi connectivity index (χ2n) is 4.00. The largest absolute Gasteiger partial charge is 0.391 e. The summed E-state index contributed by atoms with van der Waals surface area (Å²) in [5, 5.41) is 14.9. The number of aliphatic hydroxyl groups is 1. The number of aliphatic hydroxyl groups excluding tert-OH is 1. The van der Waals surface area contributed by atoms with Crippen molar-refractivity contribution in [2.75, 3.05) is 11.9 Å². The Hall–Kier alpha value is -1.62. The van der Waals surface area contributed by atoms with Crippen molar-refractivity contribution in [3.63, 3.8) is 0 Å². The molecule has 0 saturated carbocycles. The number of carbonyl (C=O) groups is 1. The van der Waals surface area contributed by atoms with Crippen molar-refractivity contribution in [3.8, 4) is 0 Å². The van der Waals surface area contributed by atoms with Crippen LogP contribution in [0.4, 0.5) is 10.6 Å². The SMILES string of the molecule is CCC(C)C(O)CNC(=O)Nc1ccccn1. The molecule has 1 aromatic heterocycles. The Morgan fingerprint density at radius 3 is 2.88 bits per heavy atom. The summed E-state index contributed by atoms with van der Waals surface area (Å²) < 4.78 is 0. The summed E-state index contributed by atoms with van der Waals surface area (Å²) in [6, 6.07) is 4.91. The van der Waals surface area contributed by atoms with Crippen LogP contribution in [0.1, 0.15) is 20.3 Å². The molecular weight excluding hydrogens is 218 g/mol. The van der Waals surface area contributed by atoms with Gasteiger partial charge in [0, 0.05) is 12.7 Å². The number of rotatable bonds is 5. The molecule has 0 aliphatic rings. The molecule has 2 amide bonds. The number of nitrogens with one attached hydrogen (secondary N) is 2. The molecule has 0 aliphatic heterocycles. The van der Waals surface area contributed by atoms with E-state index in [1.165, 1.54) is 0 Å². The molecule has 94 valence electrons. The van der Waals surface area contributed by atoms with E-state index in [1.54, 1.807) is 24.4 Å². The monoisotopic (exact) mass is 237 g/mol. The average Bonchev–Trinajstić information content (AvgIpc) is 2.36. The number of amides is 2. The molecule has 2 unspecified atom stereocenters. The molecule has 0 bridgehead atoms. The van der Waals surface area contributed by atoms with Crippen LogP contribution in [-0.2, 0) is 0 Å². The Kier molecular flexibility index (Phi) is 5.42. The van der Waals surface area contributed by atoms with Gasteiger partial charge in [0.05, 0.1) is 6.10 Å². The molecule has 5 nitrogen and oxygen atoms in total. The number of urea groups is 1. The van der Waals surface area contributed by atoms with Crippen molar-refractivity contribution in [1.82, 2.24) is 10.3 Å². The fourth-order valence-corrected chi connectivity index (χ4v) is 1.27. The molecule has 2 atom stereocenters. The van der Waals surface area contributed by atoms with Gasteiger partial charge >= 0.3 is 6.03 Å². The Morgan fingerprint density at radius 1 is 1.53 bits per heavy atom. The van der Waals surface area contributed by atoms with E-state index in [1.807, 2.05) is 13.8 Å². The van der Waals surface area contributed by atoms with Gasteiger partial charge in [-0.3, -0.25) is 5.32 Å². The summed E-state index contributed by atoms with van der Waals surface area (Å²) >= 11 is 0. The second kappa shape index (κ2) is 6.85. The van der Waals surface area contributed by atoms with Crippen molar-refractivity contribution in [2.24, 2.45) is 5.92 Å². The van der Waals surface area contributed by atoms with E-state index in [-0.39, 0.29) is 18.5 Å². The van der Waals surface area contributed by atoms with Crippen LogP contribution in [0.5, 0.6) is 0 Å². The predicted octanol–water partition coefficient (Wildman–Crippen LogP) is 1.61. The summed E-state index contributed by atoms with van der Waals surface area (Å²) in [5.41, 5.74) is 0. The fraction of sp³-hybridized carbons (Fsp3) is 0.500. The molecule has 1 aromatic rings. The van der Waals surface area contributed by atoms with Gasteiger partial charge < -0.3 is 10.4 Å². The molecule has 0 spiro atoms. The maximum absolute atomic E-state index is 11.5. The van der Waals surface area contributed by atoms with Gasteiger partial charge in [-0.1, -0.05) is 26.3 Å². The minimum atomic E-state index is -0.519. The highest BCUT2D eigenvalue weighted by Gasteiger charge is 2.13. The van der Waals surface area contributed by atoms with Crippen LogP contribution in [0.15, 0.2) is 24.4 Å². The maximum atomic E-state index is 11.5. The van der Waals surface area contributed by atoms with Gasteiger partial charge in [-0.2, -0.15) is 0 Å². The average molecular weight is 237 g/mol. The lowest BCUT2D eigenvalue weighted by Gasteiger charge is -2.17. The number of nitrogens with zero attached hydrogens (tertiary/aromatic N) is 1. The van der Waals surface area contributed by atoms with Crippen molar-refractivity contribution in [3.05, 3.63) is 24.4 Å². The van der Waals surface area contributed by atoms with Crippen molar-refractivity contribution in [2.45, 2.75) is 26.4 Å². The van der Waals surface area contributed by atoms with Gasteiger partial charge in [-0.15, -0.1) is 0 Å². The summed E-state index contributed by atoms with van der Waals surface area (Å²) in [6.45, 7) is 4.19. The number of anilines is 1. The second-order valence-corrected chi connectivity index (χ2v) is 4.00. The lowest BCUT2D eigenvalue weighted by atomic mass is 10.0. The highest BCUT2D eigenvalue weighted by atomic mass is 16.3. The van der Waals surface area contributed by atoms with Crippen LogP contribution in [0, 0.1) is 5.92 Å². The zero-order chi connectivity index (χ0) is 12.7. The molecule has 0 aromatic carbocycles. The first kappa shape index (κ1) is 13.4. The zero-order valence-electron chi connectivity index (χ0n) is 10.2. The number of pyridine rings is 1. The third kappa shape index (κ3) is 4.82. The molecule has 0 aliphatic carbocycles. The van der Waals surface area contributed by atoms with E-state index in [4.69, 9.17) is 0 Å². The lowest BCUT2D eigenvalue weighted by Crippen LogP contribution is -2.37. The topological polar surface area (TPSA) is 74.2 Å². The highest BCUT2D eigenvalue weighted by molar-refractivity contribution is 5.88. The zero-order valence-corrected chi connectivity index (χ0v) is 10.2. The smallest absolute Gasteiger partial charge is 0.320 e. The molecule has 1 rings (SSSR count). The van der Waals surface area contributed by atoms with Crippen LogP contribution in [0.2, 0.25) is 0 Å². The molecule has 0 fully saturated rings. The molecular formula is C12H19N3O2. The first-order valence-electron chi connectivity index (χ1n) is 5.77. The van der Waals surface area contributed by atoms with Crippen LogP contribution in [0.3, 0.4) is 0 Å². The quantitative estimate of drug-likeness (QED) is 0.728. The van der Waals surface area contributed by atoms with E-state index >= 15 is 0 Å². The summed E-state index contributed by atoms with van der Waals surface area (Å²) in [6.07, 6.45) is 1.96. The van der Waals surface area contributed by atoms with Gasteiger partial charge in [-0.05, 0) is 18.1 Å². The predicted molar refractivity (Wildman–Crippen MR) is 66.7 cm³/mol. The van der Waals surface area contributed by atoms with Gasteiger partial charge in [0.15, 0.2) is 0 Å². The minimum absolute atomic E-state index is 0.171. The Balaban J connectivity index is 2.31. The van der Waals surface area contributed by atoms with Crippen LogP contribution < -0.4 is 10.6 Å². The van der Waals surface area contributed by atoms with E-state index < -0.39 is 6.10 Å². The first-order chi connectivity index (χ1) is 8.13. The fourth-order valence-electron chi connectivity index (χ4n) is 1.27. The summed E-state index contributed by atoms with van der Waals surface area (Å²) in [4.78, 5) is 15.4. The maximum Gasteiger partial charge on any atom is 0.320 e. The van der Waals surface area contributed by atoms with Crippen LogP contribution in [-0.4, -0.2) is 28.8 Å². The van der Waals surface area contributed by atoms with E-state index in [9.17, 15) is 9.90 Å². The summed E-state index contributed by atoms with van der Waals surface area (Å²) in [7, 11) is 0. The highest BCUT2D eigenvalue weighted by Crippen LogP contribution is 2.06. The van der Waals surface area contributed by atoms with E-state index in [0.717, 1.165) is 6.42 Å². The molecule has 17 heavy (non-hydrogen) atoms. The number of aromatic nitrogens is 1. The molecule has 1 heterocycles. The van der Waals surface area contributed by atoms with Crippen molar-refractivity contribution < 1.29 is 9.90 Å². The van der Waals surface area contributed by atoms with Gasteiger partial charge in [0.2, 0.25) is 0 Å². The Labute approximate surface area is 101 Å². The molecule has 5 heteroatoms. The van der Waals surface area contributed by atoms with Crippen molar-refractivity contribution in [1.29, 1.82) is 0 Å². The normalized spacial score (nSPS) is 13.8. The van der Waals surface area contributed by atoms with Gasteiger partial charge in [0.25, 0.3) is 0 Å². The van der Waals surface area contributed by atoms with Gasteiger partial charge in [-0.25, -0.2) is 9.78 Å². The van der Waals surface area contributed by atoms with E-state index in [2.05, 4.69) is 15.6 Å². The standard InChI is InChI=1S/C12H19N3O2/c1-3-9(2)10(16)8-14-12(17)15-11-6-4-5-7-13-11/h4-7,9-10,16H,3,8H2,1-2H3,(H2,13,14,15,17). The lowest BCUT2D eigenvalue weighted by molar-refractivity contribution is 0.115. The number of hydrogen-bond donors (Lipinski definition) is 3. The third-order valence-electron chi connectivity index (χ3n) is 2.68. The minimum Gasteiger partial charge on any atom is -0.391 e. The number of hydrogen-bond acceptors (Lipinski definition) is 3. The van der Waals surface area contributed by atoms with E-state index in [0.29, 0.717) is 5.82 Å². The van der Waals surface area contributed by atoms with Crippen molar-refractivity contribution >= 4 is 11.8 Å². The number of carbonyl (C=O) groups excluding carboxylic acids is 1. The summed E-state index contributed by atoms with van der Waals surface area (Å²) in [5.74, 6) is 0.660. The van der Waals surface area contributed by atoms with Crippen LogP contribution >= 0.6 is 0 Å².